The Labute approximate surface area is 123 Å². The lowest BCUT2D eigenvalue weighted by Gasteiger charge is -2.23. The Morgan fingerprint density at radius 2 is 2.45 bits per heavy atom. The fraction of sp³-hybridized carbons (Fsp3) is 0.733. The van der Waals surface area contributed by atoms with Crippen LogP contribution in [0.3, 0.4) is 0 Å². The molecular formula is C15H22N2O2S. The van der Waals surface area contributed by atoms with E-state index in [4.69, 9.17) is 0 Å². The molecule has 1 saturated carbocycles. The zero-order valence-corrected chi connectivity index (χ0v) is 12.9. The smallest absolute Gasteiger partial charge is 0.311 e. The summed E-state index contributed by atoms with van der Waals surface area (Å²) in [6.45, 7) is 6.72. The lowest BCUT2D eigenvalue weighted by atomic mass is 9.81. The number of carbonyl (C=O) groups is 1. The van der Waals surface area contributed by atoms with Gasteiger partial charge in [-0.15, -0.1) is 11.3 Å². The van der Waals surface area contributed by atoms with Crippen molar-refractivity contribution in [2.75, 3.05) is 13.1 Å². The van der Waals surface area contributed by atoms with Gasteiger partial charge < -0.3 is 5.11 Å². The second kappa shape index (κ2) is 5.11. The third kappa shape index (κ3) is 2.27. The topological polar surface area (TPSA) is 53.4 Å². The molecular weight excluding hydrogens is 272 g/mol. The molecule has 1 aromatic heterocycles. The number of aromatic nitrogens is 1. The molecule has 1 aliphatic carbocycles. The number of nitrogens with zero attached hydrogens (tertiary/aromatic N) is 2. The highest BCUT2D eigenvalue weighted by molar-refractivity contribution is 7.09. The van der Waals surface area contributed by atoms with Gasteiger partial charge in [-0.1, -0.05) is 20.3 Å². The number of carboxylic acid groups (broad SMARTS) is 1. The Hall–Kier alpha value is -0.940. The number of likely N-dealkylation sites (tertiary alicyclic amines) is 1. The van der Waals surface area contributed by atoms with Crippen LogP contribution in [-0.2, 0) is 11.3 Å². The van der Waals surface area contributed by atoms with Gasteiger partial charge in [-0.3, -0.25) is 9.69 Å². The maximum absolute atomic E-state index is 11.7. The molecule has 110 valence electrons. The molecule has 20 heavy (non-hydrogen) atoms. The number of fused-ring (bicyclic) bond motifs is 1. The molecule has 2 aliphatic rings. The predicted molar refractivity (Wildman–Crippen MR) is 78.9 cm³/mol. The first-order valence-corrected chi connectivity index (χ1v) is 8.29. The second-order valence-electron chi connectivity index (χ2n) is 6.55. The summed E-state index contributed by atoms with van der Waals surface area (Å²) in [5.74, 6) is 0.212. The van der Waals surface area contributed by atoms with Crippen molar-refractivity contribution in [3.63, 3.8) is 0 Å². The van der Waals surface area contributed by atoms with Crippen molar-refractivity contribution in [3.05, 3.63) is 16.1 Å². The highest BCUT2D eigenvalue weighted by atomic mass is 32.1. The van der Waals surface area contributed by atoms with Gasteiger partial charge in [-0.05, 0) is 18.8 Å². The Kier molecular flexibility index (Phi) is 3.58. The van der Waals surface area contributed by atoms with Gasteiger partial charge in [-0.25, -0.2) is 4.98 Å². The van der Waals surface area contributed by atoms with Crippen LogP contribution < -0.4 is 0 Å². The summed E-state index contributed by atoms with van der Waals surface area (Å²) in [6.07, 6.45) is 2.98. The number of aliphatic carboxylic acids is 1. The van der Waals surface area contributed by atoms with Crippen LogP contribution >= 0.6 is 11.3 Å². The van der Waals surface area contributed by atoms with Crippen LogP contribution in [0.25, 0.3) is 0 Å². The quantitative estimate of drug-likeness (QED) is 0.927. The third-order valence-corrected chi connectivity index (χ3v) is 6.01. The number of hydrogen-bond acceptors (Lipinski definition) is 4. The molecule has 0 bridgehead atoms. The largest absolute Gasteiger partial charge is 0.481 e. The van der Waals surface area contributed by atoms with Gasteiger partial charge >= 0.3 is 5.97 Å². The predicted octanol–water partition coefficient (Wildman–Crippen LogP) is 2.95. The number of thiazole rings is 1. The minimum absolute atomic E-state index is 0.336. The summed E-state index contributed by atoms with van der Waals surface area (Å²) in [6, 6.07) is 0. The van der Waals surface area contributed by atoms with E-state index in [9.17, 15) is 9.90 Å². The van der Waals surface area contributed by atoms with Gasteiger partial charge in [-0.2, -0.15) is 0 Å². The molecule has 1 N–H and O–H groups in total. The fourth-order valence-corrected chi connectivity index (χ4v) is 4.58. The fourth-order valence-electron chi connectivity index (χ4n) is 3.75. The first kappa shape index (κ1) is 14.0. The van der Waals surface area contributed by atoms with E-state index >= 15 is 0 Å². The molecule has 1 aliphatic heterocycles. The SMILES string of the molecule is CC(C)c1nc(CN2C[C@@H]3CCC[C@@]3(C(=O)O)C2)cs1. The second-order valence-corrected chi connectivity index (χ2v) is 7.44. The van der Waals surface area contributed by atoms with Crippen molar-refractivity contribution in [2.24, 2.45) is 11.3 Å². The van der Waals surface area contributed by atoms with Crippen molar-refractivity contribution < 1.29 is 9.90 Å². The molecule has 2 atom stereocenters. The molecule has 0 amide bonds. The molecule has 1 aromatic rings. The van der Waals surface area contributed by atoms with Crippen molar-refractivity contribution in [1.29, 1.82) is 0 Å². The molecule has 5 heteroatoms. The first-order valence-electron chi connectivity index (χ1n) is 7.41. The first-order chi connectivity index (χ1) is 9.51. The van der Waals surface area contributed by atoms with Crippen LogP contribution in [0.15, 0.2) is 5.38 Å². The summed E-state index contributed by atoms with van der Waals surface area (Å²) in [4.78, 5) is 18.6. The van der Waals surface area contributed by atoms with Gasteiger partial charge in [0.25, 0.3) is 0 Å². The van der Waals surface area contributed by atoms with E-state index in [2.05, 4.69) is 29.1 Å². The maximum Gasteiger partial charge on any atom is 0.311 e. The van der Waals surface area contributed by atoms with Crippen LogP contribution in [-0.4, -0.2) is 34.0 Å². The van der Waals surface area contributed by atoms with Crippen molar-refractivity contribution in [1.82, 2.24) is 9.88 Å². The molecule has 0 radical (unpaired) electrons. The van der Waals surface area contributed by atoms with Crippen molar-refractivity contribution in [2.45, 2.75) is 45.6 Å². The summed E-state index contributed by atoms with van der Waals surface area (Å²) >= 11 is 1.71. The van der Waals surface area contributed by atoms with Gasteiger partial charge in [0, 0.05) is 30.9 Å². The monoisotopic (exact) mass is 294 g/mol. The molecule has 0 aromatic carbocycles. The highest BCUT2D eigenvalue weighted by Crippen LogP contribution is 2.49. The van der Waals surface area contributed by atoms with Crippen molar-refractivity contribution in [3.8, 4) is 0 Å². The summed E-state index contributed by atoms with van der Waals surface area (Å²) in [5, 5.41) is 12.9. The van der Waals surface area contributed by atoms with E-state index in [0.29, 0.717) is 18.4 Å². The number of carboxylic acids is 1. The van der Waals surface area contributed by atoms with Gasteiger partial charge in [0.1, 0.15) is 0 Å². The lowest BCUT2D eigenvalue weighted by Crippen LogP contribution is -2.35. The maximum atomic E-state index is 11.7. The summed E-state index contributed by atoms with van der Waals surface area (Å²) in [5.41, 5.74) is 0.621. The average Bonchev–Trinajstić information content (AvgIpc) is 3.02. The van der Waals surface area contributed by atoms with Crippen LogP contribution in [0, 0.1) is 11.3 Å². The molecule has 0 spiro atoms. The van der Waals surface area contributed by atoms with E-state index in [0.717, 1.165) is 38.0 Å². The molecule has 3 rings (SSSR count). The third-order valence-electron chi connectivity index (χ3n) is 4.82. The zero-order valence-electron chi connectivity index (χ0n) is 12.1. The van der Waals surface area contributed by atoms with E-state index in [1.807, 2.05) is 0 Å². The lowest BCUT2D eigenvalue weighted by molar-refractivity contribution is -0.149. The van der Waals surface area contributed by atoms with E-state index < -0.39 is 11.4 Å². The normalized spacial score (nSPS) is 30.1. The molecule has 2 fully saturated rings. The minimum atomic E-state index is -0.594. The van der Waals surface area contributed by atoms with Crippen LogP contribution in [0.1, 0.15) is 49.7 Å². The van der Waals surface area contributed by atoms with Gasteiger partial charge in [0.15, 0.2) is 0 Å². The molecule has 1 saturated heterocycles. The number of hydrogen-bond donors (Lipinski definition) is 1. The van der Waals surface area contributed by atoms with E-state index in [1.165, 1.54) is 5.01 Å². The van der Waals surface area contributed by atoms with Crippen LogP contribution in [0.5, 0.6) is 0 Å². The van der Waals surface area contributed by atoms with Crippen LogP contribution in [0.2, 0.25) is 0 Å². The average molecular weight is 294 g/mol. The van der Waals surface area contributed by atoms with Crippen molar-refractivity contribution >= 4 is 17.3 Å². The van der Waals surface area contributed by atoms with E-state index in [-0.39, 0.29) is 0 Å². The standard InChI is InChI=1S/C15H22N2O2S/c1-10(2)13-16-12(8-20-13)7-17-6-11-4-3-5-15(11,9-17)14(18)19/h8,10-11H,3-7,9H2,1-2H3,(H,18,19)/t11-,15+/m0/s1. The Bertz CT molecular complexity index is 514. The summed E-state index contributed by atoms with van der Waals surface area (Å²) < 4.78 is 0. The van der Waals surface area contributed by atoms with Gasteiger partial charge in [0.05, 0.1) is 16.1 Å². The Morgan fingerprint density at radius 3 is 3.05 bits per heavy atom. The van der Waals surface area contributed by atoms with Crippen LogP contribution in [0.4, 0.5) is 0 Å². The molecule has 0 unspecified atom stereocenters. The zero-order chi connectivity index (χ0) is 14.3. The number of rotatable bonds is 4. The Balaban J connectivity index is 1.69. The summed E-state index contributed by atoms with van der Waals surface area (Å²) in [7, 11) is 0. The molecule has 2 heterocycles. The highest BCUT2D eigenvalue weighted by Gasteiger charge is 2.54. The minimum Gasteiger partial charge on any atom is -0.481 e. The van der Waals surface area contributed by atoms with E-state index in [1.54, 1.807) is 11.3 Å². The Morgan fingerprint density at radius 1 is 1.65 bits per heavy atom. The van der Waals surface area contributed by atoms with Gasteiger partial charge in [0.2, 0.25) is 0 Å². The molecule has 4 nitrogen and oxygen atoms in total.